The highest BCUT2D eigenvalue weighted by molar-refractivity contribution is 5.90. The summed E-state index contributed by atoms with van der Waals surface area (Å²) in [6, 6.07) is 0. The number of aliphatic hydroxyl groups is 1. The zero-order valence-electron chi connectivity index (χ0n) is 8.52. The molecule has 3 N–H and O–H groups in total. The van der Waals surface area contributed by atoms with E-state index in [-0.39, 0.29) is 12.1 Å². The van der Waals surface area contributed by atoms with Crippen LogP contribution in [0.2, 0.25) is 0 Å². The smallest absolute Gasteiger partial charge is 0.267 e. The predicted molar refractivity (Wildman–Crippen MR) is 54.3 cm³/mol. The number of aliphatic hydroxyl groups excluding tert-OH is 1. The van der Waals surface area contributed by atoms with E-state index in [4.69, 9.17) is 5.73 Å². The Kier molecular flexibility index (Phi) is 2.48. The normalized spacial score (nSPS) is 19.3. The van der Waals surface area contributed by atoms with Crippen LogP contribution >= 0.6 is 0 Å². The molecule has 5 nitrogen and oxygen atoms in total. The lowest BCUT2D eigenvalue weighted by molar-refractivity contribution is 0.0957. The fraction of sp³-hybridized carbons (Fsp3) is 0.600. The summed E-state index contributed by atoms with van der Waals surface area (Å²) in [6.07, 6.45) is 6.92. The SMILES string of the molecule is NC(=O)c1cncn1C1(CO)CCCC1. The molecule has 0 saturated heterocycles. The van der Waals surface area contributed by atoms with Crippen molar-refractivity contribution in [2.24, 2.45) is 5.73 Å². The second kappa shape index (κ2) is 3.66. The maximum atomic E-state index is 11.2. The average molecular weight is 209 g/mol. The van der Waals surface area contributed by atoms with Crippen LogP contribution in [0.5, 0.6) is 0 Å². The molecule has 2 rings (SSSR count). The number of hydrogen-bond donors (Lipinski definition) is 2. The number of carbonyl (C=O) groups is 1. The van der Waals surface area contributed by atoms with Crippen molar-refractivity contribution in [3.8, 4) is 0 Å². The number of amides is 1. The molecule has 1 aromatic heterocycles. The molecule has 0 aromatic carbocycles. The van der Waals surface area contributed by atoms with E-state index in [2.05, 4.69) is 4.98 Å². The van der Waals surface area contributed by atoms with E-state index in [1.807, 2.05) is 0 Å². The third-order valence-electron chi connectivity index (χ3n) is 3.23. The van der Waals surface area contributed by atoms with Gasteiger partial charge >= 0.3 is 0 Å². The van der Waals surface area contributed by atoms with E-state index in [0.29, 0.717) is 5.69 Å². The monoisotopic (exact) mass is 209 g/mol. The van der Waals surface area contributed by atoms with Crippen LogP contribution in [0.3, 0.4) is 0 Å². The maximum Gasteiger partial charge on any atom is 0.267 e. The van der Waals surface area contributed by atoms with E-state index in [0.717, 1.165) is 25.7 Å². The first-order valence-corrected chi connectivity index (χ1v) is 5.13. The quantitative estimate of drug-likeness (QED) is 0.748. The Morgan fingerprint density at radius 1 is 1.60 bits per heavy atom. The molecule has 1 aliphatic carbocycles. The highest BCUT2D eigenvalue weighted by Crippen LogP contribution is 2.36. The molecule has 1 saturated carbocycles. The summed E-state index contributed by atoms with van der Waals surface area (Å²) in [5.74, 6) is -0.493. The summed E-state index contributed by atoms with van der Waals surface area (Å²) in [7, 11) is 0. The molecule has 15 heavy (non-hydrogen) atoms. The minimum Gasteiger partial charge on any atom is -0.394 e. The lowest BCUT2D eigenvalue weighted by Gasteiger charge is -2.29. The van der Waals surface area contributed by atoms with Crippen LogP contribution in [0.25, 0.3) is 0 Å². The Labute approximate surface area is 87.9 Å². The molecule has 0 radical (unpaired) electrons. The highest BCUT2D eigenvalue weighted by atomic mass is 16.3. The van der Waals surface area contributed by atoms with Crippen LogP contribution in [0.15, 0.2) is 12.5 Å². The van der Waals surface area contributed by atoms with E-state index in [1.165, 1.54) is 6.20 Å². The van der Waals surface area contributed by atoms with Crippen LogP contribution < -0.4 is 5.73 Å². The van der Waals surface area contributed by atoms with Crippen molar-refractivity contribution < 1.29 is 9.90 Å². The topological polar surface area (TPSA) is 81.1 Å². The second-order valence-corrected chi connectivity index (χ2v) is 4.10. The maximum absolute atomic E-state index is 11.2. The molecular formula is C10H15N3O2. The van der Waals surface area contributed by atoms with E-state index < -0.39 is 5.91 Å². The van der Waals surface area contributed by atoms with E-state index >= 15 is 0 Å². The Morgan fingerprint density at radius 2 is 2.27 bits per heavy atom. The zero-order valence-corrected chi connectivity index (χ0v) is 8.52. The van der Waals surface area contributed by atoms with Crippen molar-refractivity contribution in [2.75, 3.05) is 6.61 Å². The lowest BCUT2D eigenvalue weighted by Crippen LogP contribution is -2.37. The molecule has 5 heteroatoms. The number of nitrogens with zero attached hydrogens (tertiary/aromatic N) is 2. The van der Waals surface area contributed by atoms with Crippen molar-refractivity contribution in [2.45, 2.75) is 31.2 Å². The Balaban J connectivity index is 2.42. The molecular weight excluding hydrogens is 194 g/mol. The van der Waals surface area contributed by atoms with Gasteiger partial charge in [0.1, 0.15) is 5.69 Å². The Morgan fingerprint density at radius 3 is 2.80 bits per heavy atom. The van der Waals surface area contributed by atoms with E-state index in [9.17, 15) is 9.90 Å². The molecule has 1 aromatic rings. The minimum absolute atomic E-state index is 0.0314. The van der Waals surface area contributed by atoms with Crippen molar-refractivity contribution >= 4 is 5.91 Å². The van der Waals surface area contributed by atoms with Gasteiger partial charge in [-0.15, -0.1) is 0 Å². The van der Waals surface area contributed by atoms with Gasteiger partial charge in [0.05, 0.1) is 24.7 Å². The zero-order chi connectivity index (χ0) is 10.9. The number of hydrogen-bond acceptors (Lipinski definition) is 3. The van der Waals surface area contributed by atoms with Gasteiger partial charge in [-0.25, -0.2) is 4.98 Å². The minimum atomic E-state index is -0.493. The number of carbonyl (C=O) groups excluding carboxylic acids is 1. The molecule has 82 valence electrons. The molecule has 1 amide bonds. The number of aromatic nitrogens is 2. The molecule has 1 heterocycles. The number of imidazole rings is 1. The average Bonchev–Trinajstić information content (AvgIpc) is 2.87. The van der Waals surface area contributed by atoms with Crippen LogP contribution in [0.1, 0.15) is 36.2 Å². The van der Waals surface area contributed by atoms with Crippen LogP contribution in [-0.2, 0) is 5.54 Å². The van der Waals surface area contributed by atoms with Gasteiger partial charge in [-0.1, -0.05) is 12.8 Å². The van der Waals surface area contributed by atoms with Crippen molar-refractivity contribution in [3.05, 3.63) is 18.2 Å². The van der Waals surface area contributed by atoms with Gasteiger partial charge in [0.2, 0.25) is 0 Å². The summed E-state index contributed by atoms with van der Waals surface area (Å²) in [6.45, 7) is 0.0314. The van der Waals surface area contributed by atoms with Gasteiger partial charge in [0, 0.05) is 0 Å². The van der Waals surface area contributed by atoms with Crippen molar-refractivity contribution in [1.82, 2.24) is 9.55 Å². The second-order valence-electron chi connectivity index (χ2n) is 4.10. The molecule has 0 spiro atoms. The molecule has 0 aliphatic heterocycles. The Hall–Kier alpha value is -1.36. The molecule has 1 aliphatic rings. The summed E-state index contributed by atoms with van der Waals surface area (Å²) < 4.78 is 1.74. The first-order valence-electron chi connectivity index (χ1n) is 5.13. The van der Waals surface area contributed by atoms with Crippen molar-refractivity contribution in [1.29, 1.82) is 0 Å². The van der Waals surface area contributed by atoms with Gasteiger partial charge in [-0.05, 0) is 12.8 Å². The first kappa shape index (κ1) is 10.2. The predicted octanol–water partition coefficient (Wildman–Crippen LogP) is 0.244. The number of nitrogens with two attached hydrogens (primary N) is 1. The third-order valence-corrected chi connectivity index (χ3v) is 3.23. The van der Waals surface area contributed by atoms with Crippen LogP contribution in [0.4, 0.5) is 0 Å². The Bertz CT molecular complexity index is 366. The van der Waals surface area contributed by atoms with Crippen LogP contribution in [-0.4, -0.2) is 27.2 Å². The molecule has 0 unspecified atom stereocenters. The fourth-order valence-electron chi connectivity index (χ4n) is 2.36. The van der Waals surface area contributed by atoms with Gasteiger partial charge < -0.3 is 15.4 Å². The summed E-state index contributed by atoms with van der Waals surface area (Å²) >= 11 is 0. The summed E-state index contributed by atoms with van der Waals surface area (Å²) in [5, 5.41) is 9.49. The first-order chi connectivity index (χ1) is 7.19. The third kappa shape index (κ3) is 1.52. The standard InChI is InChI=1S/C10H15N3O2/c11-9(15)8-5-12-7-13(8)10(6-14)3-1-2-4-10/h5,7,14H,1-4,6H2,(H2,11,15). The van der Waals surface area contributed by atoms with Crippen molar-refractivity contribution in [3.63, 3.8) is 0 Å². The van der Waals surface area contributed by atoms with Crippen LogP contribution in [0, 0.1) is 0 Å². The fourth-order valence-corrected chi connectivity index (χ4v) is 2.36. The highest BCUT2D eigenvalue weighted by Gasteiger charge is 2.36. The summed E-state index contributed by atoms with van der Waals surface area (Å²) in [5.41, 5.74) is 5.28. The number of rotatable bonds is 3. The summed E-state index contributed by atoms with van der Waals surface area (Å²) in [4.78, 5) is 15.1. The van der Waals surface area contributed by atoms with Gasteiger partial charge in [0.15, 0.2) is 0 Å². The van der Waals surface area contributed by atoms with Gasteiger partial charge in [-0.2, -0.15) is 0 Å². The molecule has 1 fully saturated rings. The largest absolute Gasteiger partial charge is 0.394 e. The van der Waals surface area contributed by atoms with E-state index in [1.54, 1.807) is 10.9 Å². The van der Waals surface area contributed by atoms with Gasteiger partial charge in [0.25, 0.3) is 5.91 Å². The molecule has 0 bridgehead atoms. The lowest BCUT2D eigenvalue weighted by atomic mass is 9.98. The van der Waals surface area contributed by atoms with Gasteiger partial charge in [-0.3, -0.25) is 4.79 Å². The number of primary amides is 1. The molecule has 0 atom stereocenters.